The number of β-amino-alcohol motifs (C(OH)–C–C–N with tert-alkyl or cyclic N) is 1. The van der Waals surface area contributed by atoms with Crippen molar-refractivity contribution in [2.24, 2.45) is 0 Å². The van der Waals surface area contributed by atoms with Crippen LogP contribution in [0.4, 0.5) is 0 Å². The Kier molecular flexibility index (Phi) is 3.85. The average Bonchev–Trinajstić information content (AvgIpc) is 3.00. The largest absolute Gasteiger partial charge is 0.391 e. The van der Waals surface area contributed by atoms with Gasteiger partial charge in [-0.05, 0) is 41.5 Å². The summed E-state index contributed by atoms with van der Waals surface area (Å²) in [5.74, 6) is -0.179. The number of hydrogen-bond donors (Lipinski definition) is 1. The first-order chi connectivity index (χ1) is 10.1. The Morgan fingerprint density at radius 3 is 3.00 bits per heavy atom. The van der Waals surface area contributed by atoms with Crippen molar-refractivity contribution >= 4 is 17.5 Å². The number of piperidine rings is 1. The fourth-order valence-corrected chi connectivity index (χ4v) is 2.63. The lowest BCUT2D eigenvalue weighted by Gasteiger charge is -2.30. The Balaban J connectivity index is 1.97. The molecule has 1 aromatic carbocycles. The summed E-state index contributed by atoms with van der Waals surface area (Å²) < 4.78 is 1.42. The van der Waals surface area contributed by atoms with Gasteiger partial charge in [0.05, 0.1) is 17.4 Å². The summed E-state index contributed by atoms with van der Waals surface area (Å²) in [6, 6.07) is 4.98. The molecule has 1 atom stereocenters. The van der Waals surface area contributed by atoms with Crippen LogP contribution >= 0.6 is 11.6 Å². The summed E-state index contributed by atoms with van der Waals surface area (Å²) in [5.41, 5.74) is 0.985. The summed E-state index contributed by atoms with van der Waals surface area (Å²) in [7, 11) is 0. The van der Waals surface area contributed by atoms with E-state index in [1.807, 2.05) is 0 Å². The first kappa shape index (κ1) is 14.0. The van der Waals surface area contributed by atoms with E-state index in [1.54, 1.807) is 23.1 Å². The van der Waals surface area contributed by atoms with E-state index in [4.69, 9.17) is 11.6 Å². The van der Waals surface area contributed by atoms with E-state index < -0.39 is 6.10 Å². The second-order valence-electron chi connectivity index (χ2n) is 4.96. The number of halogens is 1. The van der Waals surface area contributed by atoms with Crippen molar-refractivity contribution in [1.29, 1.82) is 0 Å². The van der Waals surface area contributed by atoms with Gasteiger partial charge in [0.2, 0.25) is 0 Å². The van der Waals surface area contributed by atoms with Crippen LogP contribution in [-0.4, -0.2) is 55.3 Å². The average molecular weight is 308 g/mol. The Morgan fingerprint density at radius 1 is 1.43 bits per heavy atom. The van der Waals surface area contributed by atoms with Gasteiger partial charge in [-0.3, -0.25) is 4.79 Å². The van der Waals surface area contributed by atoms with Crippen LogP contribution in [0.1, 0.15) is 23.2 Å². The molecule has 1 aliphatic heterocycles. The van der Waals surface area contributed by atoms with E-state index in [1.165, 1.54) is 11.0 Å². The highest BCUT2D eigenvalue weighted by Crippen LogP contribution is 2.22. The van der Waals surface area contributed by atoms with Gasteiger partial charge in [0.1, 0.15) is 6.33 Å². The molecule has 1 saturated heterocycles. The predicted molar refractivity (Wildman–Crippen MR) is 75.3 cm³/mol. The first-order valence-electron chi connectivity index (χ1n) is 6.65. The number of tetrazole rings is 1. The van der Waals surface area contributed by atoms with Crippen LogP contribution in [0.25, 0.3) is 5.69 Å². The van der Waals surface area contributed by atoms with E-state index in [9.17, 15) is 9.90 Å². The molecule has 1 fully saturated rings. The molecular formula is C13H14ClN5O2. The van der Waals surface area contributed by atoms with E-state index in [-0.39, 0.29) is 5.91 Å². The van der Waals surface area contributed by atoms with Gasteiger partial charge in [0.15, 0.2) is 0 Å². The van der Waals surface area contributed by atoms with Crippen LogP contribution in [0.5, 0.6) is 0 Å². The Bertz CT molecular complexity index is 646. The minimum absolute atomic E-state index is 0.179. The quantitative estimate of drug-likeness (QED) is 0.891. The third-order valence-electron chi connectivity index (χ3n) is 3.47. The van der Waals surface area contributed by atoms with E-state index in [2.05, 4.69) is 15.5 Å². The molecule has 3 rings (SSSR count). The molecule has 0 aliphatic carbocycles. The summed E-state index contributed by atoms with van der Waals surface area (Å²) in [6.45, 7) is 0.956. The molecule has 0 spiro atoms. The number of amides is 1. The molecule has 2 aromatic rings. The molecule has 1 N–H and O–H groups in total. The highest BCUT2D eigenvalue weighted by molar-refractivity contribution is 6.31. The zero-order valence-electron chi connectivity index (χ0n) is 11.2. The lowest BCUT2D eigenvalue weighted by atomic mass is 10.1. The fourth-order valence-electron chi connectivity index (χ4n) is 2.46. The molecule has 0 radical (unpaired) electrons. The van der Waals surface area contributed by atoms with Crippen LogP contribution in [-0.2, 0) is 0 Å². The van der Waals surface area contributed by atoms with Gasteiger partial charge >= 0.3 is 0 Å². The Morgan fingerprint density at radius 2 is 2.29 bits per heavy atom. The fraction of sp³-hybridized carbons (Fsp3) is 0.385. The van der Waals surface area contributed by atoms with Crippen LogP contribution in [0.15, 0.2) is 24.5 Å². The highest BCUT2D eigenvalue weighted by atomic mass is 35.5. The maximum atomic E-state index is 12.7. The summed E-state index contributed by atoms with van der Waals surface area (Å²) >= 11 is 6.01. The third-order valence-corrected chi connectivity index (χ3v) is 3.70. The molecule has 1 unspecified atom stereocenters. The number of aliphatic hydroxyl groups is 1. The molecule has 21 heavy (non-hydrogen) atoms. The lowest BCUT2D eigenvalue weighted by molar-refractivity contribution is 0.0473. The summed E-state index contributed by atoms with van der Waals surface area (Å²) in [4.78, 5) is 14.3. The Hall–Kier alpha value is -1.99. The number of aromatic nitrogens is 4. The smallest absolute Gasteiger partial charge is 0.256 e. The van der Waals surface area contributed by atoms with Crippen molar-refractivity contribution in [2.45, 2.75) is 18.9 Å². The molecule has 110 valence electrons. The molecule has 1 amide bonds. The minimum Gasteiger partial charge on any atom is -0.391 e. The van der Waals surface area contributed by atoms with E-state index in [0.717, 1.165) is 12.8 Å². The number of carbonyl (C=O) groups excluding carboxylic acids is 1. The normalized spacial score (nSPS) is 18.8. The molecule has 1 aromatic heterocycles. The number of aliphatic hydroxyl groups excluding tert-OH is 1. The number of rotatable bonds is 2. The van der Waals surface area contributed by atoms with E-state index >= 15 is 0 Å². The van der Waals surface area contributed by atoms with E-state index in [0.29, 0.717) is 29.4 Å². The summed E-state index contributed by atoms with van der Waals surface area (Å²) in [5, 5.41) is 21.2. The second-order valence-corrected chi connectivity index (χ2v) is 5.40. The maximum absolute atomic E-state index is 12.7. The molecule has 1 aliphatic rings. The molecule has 0 saturated carbocycles. The van der Waals surface area contributed by atoms with Gasteiger partial charge in [-0.15, -0.1) is 5.10 Å². The van der Waals surface area contributed by atoms with Crippen molar-refractivity contribution in [3.05, 3.63) is 35.1 Å². The van der Waals surface area contributed by atoms with Crippen molar-refractivity contribution < 1.29 is 9.90 Å². The van der Waals surface area contributed by atoms with Gasteiger partial charge in [-0.1, -0.05) is 11.6 Å². The minimum atomic E-state index is -0.474. The zero-order valence-corrected chi connectivity index (χ0v) is 11.9. The van der Waals surface area contributed by atoms with Gasteiger partial charge < -0.3 is 10.0 Å². The van der Waals surface area contributed by atoms with Crippen molar-refractivity contribution in [2.75, 3.05) is 13.1 Å². The summed E-state index contributed by atoms with van der Waals surface area (Å²) in [6.07, 6.45) is 2.45. The third kappa shape index (κ3) is 2.88. The van der Waals surface area contributed by atoms with Crippen molar-refractivity contribution in [3.63, 3.8) is 0 Å². The van der Waals surface area contributed by atoms with Crippen molar-refractivity contribution in [1.82, 2.24) is 25.1 Å². The highest BCUT2D eigenvalue weighted by Gasteiger charge is 2.25. The molecule has 0 bridgehead atoms. The standard InChI is InChI=1S/C13H14ClN5O2/c14-9-3-4-12(19-8-15-16-17-19)11(6-9)13(21)18-5-1-2-10(20)7-18/h3-4,6,8,10,20H,1-2,5,7H2. The maximum Gasteiger partial charge on any atom is 0.256 e. The van der Waals surface area contributed by atoms with Crippen LogP contribution in [0.3, 0.4) is 0 Å². The zero-order chi connectivity index (χ0) is 14.8. The molecular weight excluding hydrogens is 294 g/mol. The number of benzene rings is 1. The van der Waals surface area contributed by atoms with Crippen molar-refractivity contribution in [3.8, 4) is 5.69 Å². The second kappa shape index (κ2) is 5.79. The Labute approximate surface area is 126 Å². The predicted octanol–water partition coefficient (Wildman–Crippen LogP) is 0.913. The van der Waals surface area contributed by atoms with Gasteiger partial charge in [-0.25, -0.2) is 0 Å². The molecule has 2 heterocycles. The molecule has 7 nitrogen and oxygen atoms in total. The monoisotopic (exact) mass is 307 g/mol. The first-order valence-corrected chi connectivity index (χ1v) is 7.03. The number of carbonyl (C=O) groups is 1. The van der Waals surface area contributed by atoms with Crippen LogP contribution < -0.4 is 0 Å². The number of hydrogen-bond acceptors (Lipinski definition) is 5. The lowest BCUT2D eigenvalue weighted by Crippen LogP contribution is -2.42. The van der Waals surface area contributed by atoms with Gasteiger partial charge in [0.25, 0.3) is 5.91 Å². The molecule has 8 heteroatoms. The number of nitrogens with zero attached hydrogens (tertiary/aromatic N) is 5. The van der Waals surface area contributed by atoms with Crippen LogP contribution in [0.2, 0.25) is 5.02 Å². The topological polar surface area (TPSA) is 84.1 Å². The SMILES string of the molecule is O=C(c1cc(Cl)ccc1-n1cnnn1)N1CCCC(O)C1. The van der Waals surface area contributed by atoms with Crippen LogP contribution in [0, 0.1) is 0 Å². The van der Waals surface area contributed by atoms with Gasteiger partial charge in [0, 0.05) is 18.1 Å². The van der Waals surface area contributed by atoms with Gasteiger partial charge in [-0.2, -0.15) is 4.68 Å². The number of likely N-dealkylation sites (tertiary alicyclic amines) is 1.